The van der Waals surface area contributed by atoms with Crippen LogP contribution in [0.3, 0.4) is 0 Å². The van der Waals surface area contributed by atoms with E-state index in [4.69, 9.17) is 0 Å². The van der Waals surface area contributed by atoms with E-state index in [9.17, 15) is 22.8 Å². The number of carbonyl (C=O) groups excluding carboxylic acids is 1. The molecule has 11 heteroatoms. The van der Waals surface area contributed by atoms with Crippen LogP contribution in [0.5, 0.6) is 0 Å². The Bertz CT molecular complexity index is 1360. The van der Waals surface area contributed by atoms with Gasteiger partial charge in [0.1, 0.15) is 11.5 Å². The molecule has 0 fully saturated rings. The quantitative estimate of drug-likeness (QED) is 0.440. The third kappa shape index (κ3) is 4.87. The Labute approximate surface area is 191 Å². The number of aromatic nitrogens is 5. The topological polar surface area (TPSA) is 106 Å². The number of carbonyl (C=O) groups is 1. The van der Waals surface area contributed by atoms with E-state index in [2.05, 4.69) is 25.4 Å². The summed E-state index contributed by atoms with van der Waals surface area (Å²) in [4.78, 5) is 34.9. The number of H-pyrrole nitrogens is 1. The Morgan fingerprint density at radius 2 is 1.97 bits per heavy atom. The van der Waals surface area contributed by atoms with Crippen molar-refractivity contribution in [3.63, 3.8) is 0 Å². The van der Waals surface area contributed by atoms with Crippen molar-refractivity contribution in [1.29, 1.82) is 0 Å². The number of aromatic amines is 1. The van der Waals surface area contributed by atoms with Crippen LogP contribution in [-0.4, -0.2) is 30.6 Å². The van der Waals surface area contributed by atoms with Crippen LogP contribution in [0.1, 0.15) is 35.1 Å². The standard InChI is InChI=1S/C23H19F3N6O2/c1-2-4-17-16(7-9-21(33)29-17)22(34)30-20-8-6-15(13-28-20)32-19(23(24,25)26)11-18(31-32)14-5-3-10-27-12-14/h3,5-13H,2,4H2,1H3,(H,29,33)(H,28,30,34). The lowest BCUT2D eigenvalue weighted by Crippen LogP contribution is -2.19. The highest BCUT2D eigenvalue weighted by atomic mass is 19.4. The number of anilines is 1. The van der Waals surface area contributed by atoms with E-state index in [1.54, 1.807) is 12.1 Å². The number of rotatable bonds is 6. The number of aryl methyl sites for hydroxylation is 1. The SMILES string of the molecule is CCCc1[nH]c(=O)ccc1C(=O)Nc1ccc(-n2nc(-c3cccnc3)cc2C(F)(F)F)cn1. The minimum absolute atomic E-state index is 0.0659. The second kappa shape index (κ2) is 9.30. The zero-order valence-electron chi connectivity index (χ0n) is 17.9. The molecule has 0 saturated carbocycles. The highest BCUT2D eigenvalue weighted by molar-refractivity contribution is 6.04. The first-order chi connectivity index (χ1) is 16.3. The van der Waals surface area contributed by atoms with E-state index >= 15 is 0 Å². The van der Waals surface area contributed by atoms with Gasteiger partial charge in [0.25, 0.3) is 5.91 Å². The largest absolute Gasteiger partial charge is 0.433 e. The molecule has 0 aliphatic heterocycles. The number of nitrogens with one attached hydrogen (secondary N) is 2. The van der Waals surface area contributed by atoms with Gasteiger partial charge < -0.3 is 10.3 Å². The van der Waals surface area contributed by atoms with Crippen LogP contribution in [-0.2, 0) is 12.6 Å². The molecule has 0 aliphatic rings. The third-order valence-electron chi connectivity index (χ3n) is 4.94. The molecule has 0 aliphatic carbocycles. The Morgan fingerprint density at radius 1 is 1.15 bits per heavy atom. The molecule has 4 aromatic heterocycles. The Morgan fingerprint density at radius 3 is 2.62 bits per heavy atom. The second-order valence-electron chi connectivity index (χ2n) is 7.39. The minimum atomic E-state index is -4.65. The van der Waals surface area contributed by atoms with Gasteiger partial charge >= 0.3 is 6.18 Å². The maximum atomic E-state index is 13.7. The maximum absolute atomic E-state index is 13.7. The van der Waals surface area contributed by atoms with Crippen LogP contribution in [0, 0.1) is 0 Å². The average Bonchev–Trinajstić information content (AvgIpc) is 3.27. The molecule has 0 saturated heterocycles. The summed E-state index contributed by atoms with van der Waals surface area (Å²) in [5, 5.41) is 6.69. The molecular formula is C23H19F3N6O2. The minimum Gasteiger partial charge on any atom is -0.325 e. The fourth-order valence-corrected chi connectivity index (χ4v) is 3.38. The number of pyridine rings is 3. The third-order valence-corrected chi connectivity index (χ3v) is 4.94. The summed E-state index contributed by atoms with van der Waals surface area (Å²) >= 11 is 0. The summed E-state index contributed by atoms with van der Waals surface area (Å²) in [7, 11) is 0. The van der Waals surface area contributed by atoms with Gasteiger partial charge in [-0.15, -0.1) is 0 Å². The predicted molar refractivity (Wildman–Crippen MR) is 119 cm³/mol. The first-order valence-corrected chi connectivity index (χ1v) is 10.3. The van der Waals surface area contributed by atoms with Crippen LogP contribution < -0.4 is 10.9 Å². The van der Waals surface area contributed by atoms with Gasteiger partial charge in [0.05, 0.1) is 23.1 Å². The molecular weight excluding hydrogens is 449 g/mol. The molecule has 4 rings (SSSR count). The van der Waals surface area contributed by atoms with Gasteiger partial charge in [-0.05, 0) is 42.8 Å². The van der Waals surface area contributed by atoms with E-state index in [0.717, 1.165) is 17.2 Å². The molecule has 0 atom stereocenters. The molecule has 4 aromatic rings. The van der Waals surface area contributed by atoms with Crippen molar-refractivity contribution in [3.8, 4) is 16.9 Å². The average molecular weight is 468 g/mol. The maximum Gasteiger partial charge on any atom is 0.433 e. The molecule has 0 aromatic carbocycles. The van der Waals surface area contributed by atoms with Gasteiger partial charge in [0, 0.05) is 29.7 Å². The number of nitrogens with zero attached hydrogens (tertiary/aromatic N) is 4. The highest BCUT2D eigenvalue weighted by Gasteiger charge is 2.36. The lowest BCUT2D eigenvalue weighted by atomic mass is 10.1. The van der Waals surface area contributed by atoms with Crippen molar-refractivity contribution < 1.29 is 18.0 Å². The normalized spacial score (nSPS) is 11.4. The van der Waals surface area contributed by atoms with Gasteiger partial charge in [-0.25, -0.2) is 9.67 Å². The van der Waals surface area contributed by atoms with Crippen molar-refractivity contribution in [1.82, 2.24) is 24.7 Å². The smallest absolute Gasteiger partial charge is 0.325 e. The van der Waals surface area contributed by atoms with Crippen molar-refractivity contribution in [2.24, 2.45) is 0 Å². The number of amides is 1. The van der Waals surface area contributed by atoms with Crippen LogP contribution >= 0.6 is 0 Å². The number of alkyl halides is 3. The first kappa shape index (κ1) is 22.9. The lowest BCUT2D eigenvalue weighted by molar-refractivity contribution is -0.142. The van der Waals surface area contributed by atoms with Crippen molar-refractivity contribution >= 4 is 11.7 Å². The number of halogens is 3. The van der Waals surface area contributed by atoms with E-state index < -0.39 is 17.8 Å². The van der Waals surface area contributed by atoms with E-state index in [1.807, 2.05) is 6.92 Å². The summed E-state index contributed by atoms with van der Waals surface area (Å²) in [6, 6.07) is 9.59. The zero-order chi connectivity index (χ0) is 24.3. The monoisotopic (exact) mass is 468 g/mol. The fraction of sp³-hybridized carbons (Fsp3) is 0.174. The number of hydrogen-bond acceptors (Lipinski definition) is 5. The van der Waals surface area contributed by atoms with Crippen LogP contribution in [0.25, 0.3) is 16.9 Å². The molecule has 0 bridgehead atoms. The highest BCUT2D eigenvalue weighted by Crippen LogP contribution is 2.34. The van der Waals surface area contributed by atoms with E-state index in [-0.39, 0.29) is 22.8 Å². The van der Waals surface area contributed by atoms with E-state index in [0.29, 0.717) is 23.2 Å². The molecule has 8 nitrogen and oxygen atoms in total. The summed E-state index contributed by atoms with van der Waals surface area (Å²) in [6.45, 7) is 1.91. The fourth-order valence-electron chi connectivity index (χ4n) is 3.38. The Hall–Kier alpha value is -4.28. The van der Waals surface area contributed by atoms with Gasteiger partial charge in [-0.3, -0.25) is 14.6 Å². The molecule has 0 radical (unpaired) electrons. The molecule has 34 heavy (non-hydrogen) atoms. The summed E-state index contributed by atoms with van der Waals surface area (Å²) in [5.41, 5.74) is 0.122. The Kier molecular flexibility index (Phi) is 6.26. The van der Waals surface area contributed by atoms with Gasteiger partial charge in [-0.1, -0.05) is 13.3 Å². The summed E-state index contributed by atoms with van der Waals surface area (Å²) in [5.74, 6) is -0.357. The Balaban J connectivity index is 1.62. The molecule has 0 unspecified atom stereocenters. The van der Waals surface area contributed by atoms with Crippen LogP contribution in [0.15, 0.2) is 65.8 Å². The first-order valence-electron chi connectivity index (χ1n) is 10.3. The predicted octanol–water partition coefficient (Wildman–Crippen LogP) is 4.24. The van der Waals surface area contributed by atoms with Gasteiger partial charge in [-0.2, -0.15) is 18.3 Å². The van der Waals surface area contributed by atoms with E-state index in [1.165, 1.54) is 42.9 Å². The molecule has 2 N–H and O–H groups in total. The van der Waals surface area contributed by atoms with Crippen molar-refractivity contribution in [2.75, 3.05) is 5.32 Å². The summed E-state index contributed by atoms with van der Waals surface area (Å²) < 4.78 is 41.7. The van der Waals surface area contributed by atoms with Gasteiger partial charge in [0.2, 0.25) is 5.56 Å². The van der Waals surface area contributed by atoms with Crippen LogP contribution in [0.4, 0.5) is 19.0 Å². The molecule has 0 spiro atoms. The van der Waals surface area contributed by atoms with Crippen molar-refractivity contribution in [2.45, 2.75) is 25.9 Å². The molecule has 4 heterocycles. The van der Waals surface area contributed by atoms with Gasteiger partial charge in [0.15, 0.2) is 0 Å². The van der Waals surface area contributed by atoms with Crippen LogP contribution in [0.2, 0.25) is 0 Å². The van der Waals surface area contributed by atoms with Crippen molar-refractivity contribution in [3.05, 3.63) is 88.4 Å². The molecule has 1 amide bonds. The number of hydrogen-bond donors (Lipinski definition) is 2. The second-order valence-corrected chi connectivity index (χ2v) is 7.39. The summed E-state index contributed by atoms with van der Waals surface area (Å²) in [6.07, 6.45) is 0.697. The zero-order valence-corrected chi connectivity index (χ0v) is 17.9. The molecule has 174 valence electrons. The lowest BCUT2D eigenvalue weighted by Gasteiger charge is -2.11.